The van der Waals surface area contributed by atoms with Crippen molar-refractivity contribution in [2.75, 3.05) is 5.73 Å². The summed E-state index contributed by atoms with van der Waals surface area (Å²) in [7, 11) is 0. The SMILES string of the molecule is Nc1cn(C2CCCCCC2)nc1C(=O)O. The molecule has 88 valence electrons. The number of nitrogens with two attached hydrogens (primary N) is 1. The molecule has 0 radical (unpaired) electrons. The molecule has 2 rings (SSSR count). The number of nitrogens with zero attached hydrogens (tertiary/aromatic N) is 2. The number of carbonyl (C=O) groups is 1. The van der Waals surface area contributed by atoms with E-state index in [9.17, 15) is 4.79 Å². The zero-order valence-electron chi connectivity index (χ0n) is 9.22. The summed E-state index contributed by atoms with van der Waals surface area (Å²) < 4.78 is 1.74. The van der Waals surface area contributed by atoms with Crippen LogP contribution < -0.4 is 5.73 Å². The first-order valence-electron chi connectivity index (χ1n) is 5.76. The van der Waals surface area contributed by atoms with Gasteiger partial charge >= 0.3 is 5.97 Å². The van der Waals surface area contributed by atoms with Crippen LogP contribution in [0.2, 0.25) is 0 Å². The molecule has 1 heterocycles. The van der Waals surface area contributed by atoms with Crippen LogP contribution in [0.1, 0.15) is 55.1 Å². The van der Waals surface area contributed by atoms with Crippen molar-refractivity contribution in [2.45, 2.75) is 44.6 Å². The first-order valence-corrected chi connectivity index (χ1v) is 5.76. The Bertz CT molecular complexity index is 379. The molecule has 1 saturated carbocycles. The quantitative estimate of drug-likeness (QED) is 0.752. The van der Waals surface area contributed by atoms with Gasteiger partial charge in [0.05, 0.1) is 11.7 Å². The van der Waals surface area contributed by atoms with Gasteiger partial charge in [-0.05, 0) is 12.8 Å². The van der Waals surface area contributed by atoms with Gasteiger partial charge in [0.2, 0.25) is 0 Å². The molecule has 1 aliphatic rings. The van der Waals surface area contributed by atoms with Gasteiger partial charge in [-0.2, -0.15) is 5.10 Å². The maximum absolute atomic E-state index is 10.8. The molecule has 5 nitrogen and oxygen atoms in total. The topological polar surface area (TPSA) is 81.1 Å². The summed E-state index contributed by atoms with van der Waals surface area (Å²) in [6.07, 6.45) is 8.69. The Balaban J connectivity index is 2.19. The van der Waals surface area contributed by atoms with Crippen molar-refractivity contribution in [3.05, 3.63) is 11.9 Å². The Kier molecular flexibility index (Phi) is 3.12. The van der Waals surface area contributed by atoms with E-state index in [4.69, 9.17) is 10.8 Å². The van der Waals surface area contributed by atoms with Crippen LogP contribution in [-0.2, 0) is 0 Å². The molecule has 1 aliphatic carbocycles. The highest BCUT2D eigenvalue weighted by atomic mass is 16.4. The van der Waals surface area contributed by atoms with Crippen molar-refractivity contribution in [1.82, 2.24) is 9.78 Å². The molecule has 1 fully saturated rings. The lowest BCUT2D eigenvalue weighted by atomic mass is 10.1. The number of aromatic nitrogens is 2. The van der Waals surface area contributed by atoms with Crippen LogP contribution in [0.4, 0.5) is 5.69 Å². The van der Waals surface area contributed by atoms with E-state index in [-0.39, 0.29) is 11.4 Å². The fourth-order valence-electron chi connectivity index (χ4n) is 2.28. The Morgan fingerprint density at radius 2 is 2.00 bits per heavy atom. The van der Waals surface area contributed by atoms with Gasteiger partial charge in [-0.15, -0.1) is 0 Å². The van der Waals surface area contributed by atoms with E-state index in [0.29, 0.717) is 6.04 Å². The summed E-state index contributed by atoms with van der Waals surface area (Å²) >= 11 is 0. The van der Waals surface area contributed by atoms with E-state index in [1.807, 2.05) is 0 Å². The lowest BCUT2D eigenvalue weighted by Gasteiger charge is -2.13. The molecule has 3 N–H and O–H groups in total. The maximum atomic E-state index is 10.8. The monoisotopic (exact) mass is 223 g/mol. The van der Waals surface area contributed by atoms with Crippen molar-refractivity contribution < 1.29 is 9.90 Å². The maximum Gasteiger partial charge on any atom is 0.358 e. The lowest BCUT2D eigenvalue weighted by molar-refractivity contribution is 0.0690. The summed E-state index contributed by atoms with van der Waals surface area (Å²) in [4.78, 5) is 10.8. The molecule has 0 amide bonds. The minimum Gasteiger partial charge on any atom is -0.476 e. The van der Waals surface area contributed by atoms with Gasteiger partial charge in [0.25, 0.3) is 0 Å². The molecule has 5 heteroatoms. The summed E-state index contributed by atoms with van der Waals surface area (Å²) in [5.74, 6) is -1.05. The minimum atomic E-state index is -1.05. The van der Waals surface area contributed by atoms with Crippen LogP contribution in [0, 0.1) is 0 Å². The van der Waals surface area contributed by atoms with Gasteiger partial charge in [0.15, 0.2) is 5.69 Å². The van der Waals surface area contributed by atoms with Gasteiger partial charge in [-0.3, -0.25) is 4.68 Å². The molecule has 1 aromatic rings. The summed E-state index contributed by atoms with van der Waals surface area (Å²) in [6, 6.07) is 0.317. The van der Waals surface area contributed by atoms with E-state index in [1.165, 1.54) is 25.7 Å². The van der Waals surface area contributed by atoms with Crippen molar-refractivity contribution in [3.63, 3.8) is 0 Å². The number of rotatable bonds is 2. The Morgan fingerprint density at radius 3 is 2.50 bits per heavy atom. The highest BCUT2D eigenvalue weighted by Gasteiger charge is 2.19. The molecule has 16 heavy (non-hydrogen) atoms. The average Bonchev–Trinajstić information content (AvgIpc) is 2.50. The van der Waals surface area contributed by atoms with Gasteiger partial charge in [0.1, 0.15) is 0 Å². The van der Waals surface area contributed by atoms with Crippen LogP contribution in [0.5, 0.6) is 0 Å². The van der Waals surface area contributed by atoms with Gasteiger partial charge < -0.3 is 10.8 Å². The molecule has 0 unspecified atom stereocenters. The Labute approximate surface area is 94.2 Å². The van der Waals surface area contributed by atoms with E-state index >= 15 is 0 Å². The number of carboxylic acid groups (broad SMARTS) is 1. The lowest BCUT2D eigenvalue weighted by Crippen LogP contribution is -2.10. The second-order valence-corrected chi connectivity index (χ2v) is 4.36. The molecule has 0 bridgehead atoms. The summed E-state index contributed by atoms with van der Waals surface area (Å²) in [6.45, 7) is 0. The van der Waals surface area contributed by atoms with E-state index < -0.39 is 5.97 Å². The van der Waals surface area contributed by atoms with E-state index in [2.05, 4.69) is 5.10 Å². The van der Waals surface area contributed by atoms with Crippen molar-refractivity contribution in [2.24, 2.45) is 0 Å². The van der Waals surface area contributed by atoms with Crippen molar-refractivity contribution in [3.8, 4) is 0 Å². The number of hydrogen-bond donors (Lipinski definition) is 2. The predicted molar refractivity (Wildman–Crippen MR) is 60.3 cm³/mol. The average molecular weight is 223 g/mol. The smallest absolute Gasteiger partial charge is 0.358 e. The zero-order valence-corrected chi connectivity index (χ0v) is 9.22. The van der Waals surface area contributed by atoms with Crippen LogP contribution >= 0.6 is 0 Å². The number of hydrogen-bond acceptors (Lipinski definition) is 3. The second kappa shape index (κ2) is 4.55. The molecule has 0 spiro atoms. The molecule has 0 aliphatic heterocycles. The fourth-order valence-corrected chi connectivity index (χ4v) is 2.28. The molecule has 0 atom stereocenters. The van der Waals surface area contributed by atoms with Crippen molar-refractivity contribution in [1.29, 1.82) is 0 Å². The molecule has 1 aromatic heterocycles. The largest absolute Gasteiger partial charge is 0.476 e. The first-order chi connectivity index (χ1) is 7.68. The van der Waals surface area contributed by atoms with Crippen LogP contribution in [0.25, 0.3) is 0 Å². The third kappa shape index (κ3) is 2.18. The first kappa shape index (κ1) is 11.0. The van der Waals surface area contributed by atoms with Crippen molar-refractivity contribution >= 4 is 11.7 Å². The van der Waals surface area contributed by atoms with Crippen LogP contribution in [-0.4, -0.2) is 20.9 Å². The molecular formula is C11H17N3O2. The Hall–Kier alpha value is -1.52. The molecule has 0 aromatic carbocycles. The third-order valence-corrected chi connectivity index (χ3v) is 3.16. The highest BCUT2D eigenvalue weighted by Crippen LogP contribution is 2.27. The van der Waals surface area contributed by atoms with Gasteiger partial charge in [0, 0.05) is 6.20 Å². The number of anilines is 1. The third-order valence-electron chi connectivity index (χ3n) is 3.16. The normalized spacial score (nSPS) is 18.2. The van der Waals surface area contributed by atoms with Gasteiger partial charge in [-0.1, -0.05) is 25.7 Å². The van der Waals surface area contributed by atoms with Crippen LogP contribution in [0.3, 0.4) is 0 Å². The summed E-state index contributed by atoms with van der Waals surface area (Å²) in [5.41, 5.74) is 5.86. The summed E-state index contributed by atoms with van der Waals surface area (Å²) in [5, 5.41) is 12.9. The second-order valence-electron chi connectivity index (χ2n) is 4.36. The standard InChI is InChI=1S/C11H17N3O2/c12-9-7-14(13-10(9)11(15)16)8-5-3-1-2-4-6-8/h7-8H,1-6,12H2,(H,15,16). The van der Waals surface area contributed by atoms with E-state index in [0.717, 1.165) is 12.8 Å². The van der Waals surface area contributed by atoms with Gasteiger partial charge in [-0.25, -0.2) is 4.79 Å². The predicted octanol–water partition coefficient (Wildman–Crippen LogP) is 2.06. The fraction of sp³-hybridized carbons (Fsp3) is 0.636. The Morgan fingerprint density at radius 1 is 1.38 bits per heavy atom. The highest BCUT2D eigenvalue weighted by molar-refractivity contribution is 5.91. The molecule has 0 saturated heterocycles. The zero-order chi connectivity index (χ0) is 11.5. The number of carboxylic acids is 1. The van der Waals surface area contributed by atoms with Crippen LogP contribution in [0.15, 0.2) is 6.20 Å². The van der Waals surface area contributed by atoms with E-state index in [1.54, 1.807) is 10.9 Å². The minimum absolute atomic E-state index is 0.0238. The molecular weight excluding hydrogens is 206 g/mol. The number of nitrogen functional groups attached to an aromatic ring is 1. The number of aromatic carboxylic acids is 1.